The molecule has 2 aromatic rings. The van der Waals surface area contributed by atoms with Gasteiger partial charge in [0.25, 0.3) is 5.91 Å². The molecule has 10 heteroatoms. The van der Waals surface area contributed by atoms with Gasteiger partial charge in [-0.1, -0.05) is 35.5 Å². The zero-order chi connectivity index (χ0) is 18.8. The Hall–Kier alpha value is -2.07. The normalized spacial score (nSPS) is 16.3. The van der Waals surface area contributed by atoms with Crippen molar-refractivity contribution in [1.82, 2.24) is 5.48 Å². The molecule has 2 amide bonds. The maximum atomic E-state index is 12.9. The first-order chi connectivity index (χ1) is 12.4. The van der Waals surface area contributed by atoms with E-state index in [2.05, 4.69) is 0 Å². The van der Waals surface area contributed by atoms with Gasteiger partial charge in [0.05, 0.1) is 15.1 Å². The predicted octanol–water partition coefficient (Wildman–Crippen LogP) is 2.66. The Bertz CT molecular complexity index is 868. The number of carbonyl (C=O) groups excluding carboxylic acids is 2. The summed E-state index contributed by atoms with van der Waals surface area (Å²) in [5.41, 5.74) is 2.76. The summed E-state index contributed by atoms with van der Waals surface area (Å²) >= 11 is 8.21. The van der Waals surface area contributed by atoms with Gasteiger partial charge < -0.3 is 5.11 Å². The molecule has 0 saturated carbocycles. The molecule has 0 fully saturated rings. The molecule has 3 N–H and O–H groups in total. The number of anilines is 1. The van der Waals surface area contributed by atoms with Gasteiger partial charge in [-0.3, -0.25) is 19.7 Å². The Morgan fingerprint density at radius 2 is 1.96 bits per heavy atom. The third-order valence-electron chi connectivity index (χ3n) is 3.73. The van der Waals surface area contributed by atoms with Crippen LogP contribution in [0.1, 0.15) is 15.2 Å². The van der Waals surface area contributed by atoms with Gasteiger partial charge in [-0.15, -0.1) is 11.3 Å². The van der Waals surface area contributed by atoms with Crippen LogP contribution >= 0.6 is 34.7 Å². The molecule has 0 saturated heterocycles. The number of carboxylic acid groups (broad SMARTS) is 1. The Morgan fingerprint density at radius 3 is 2.58 bits per heavy atom. The van der Waals surface area contributed by atoms with Crippen LogP contribution in [0.5, 0.6) is 0 Å². The van der Waals surface area contributed by atoms with E-state index >= 15 is 0 Å². The smallest absolute Gasteiger partial charge is 0.345 e. The number of amides is 2. The number of fused-ring (bicyclic) bond motifs is 1. The summed E-state index contributed by atoms with van der Waals surface area (Å²) < 4.78 is 0.645. The zero-order valence-corrected chi connectivity index (χ0v) is 15.5. The van der Waals surface area contributed by atoms with Crippen LogP contribution in [-0.2, 0) is 16.0 Å². The molecule has 0 aliphatic carbocycles. The summed E-state index contributed by atoms with van der Waals surface area (Å²) in [6.45, 7) is -0.393. The van der Waals surface area contributed by atoms with Gasteiger partial charge in [0.1, 0.15) is 11.4 Å². The number of benzene rings is 1. The highest BCUT2D eigenvalue weighted by molar-refractivity contribution is 8.02. The van der Waals surface area contributed by atoms with Crippen LogP contribution in [0.4, 0.5) is 5.69 Å². The van der Waals surface area contributed by atoms with Crippen molar-refractivity contribution in [1.29, 1.82) is 0 Å². The van der Waals surface area contributed by atoms with Crippen molar-refractivity contribution in [3.63, 3.8) is 0 Å². The second kappa shape index (κ2) is 7.67. The summed E-state index contributed by atoms with van der Waals surface area (Å²) in [6.07, 6.45) is 0.400. The van der Waals surface area contributed by atoms with E-state index < -0.39 is 23.7 Å². The molecule has 26 heavy (non-hydrogen) atoms. The number of halogens is 1. The van der Waals surface area contributed by atoms with Crippen molar-refractivity contribution >= 4 is 58.2 Å². The van der Waals surface area contributed by atoms with Crippen molar-refractivity contribution < 1.29 is 24.7 Å². The van der Waals surface area contributed by atoms with E-state index in [0.29, 0.717) is 21.3 Å². The number of carbonyl (C=O) groups is 3. The first kappa shape index (κ1) is 18.7. The minimum atomic E-state index is -1.10. The molecule has 1 atom stereocenters. The van der Waals surface area contributed by atoms with Crippen LogP contribution < -0.4 is 10.4 Å². The molecule has 0 spiro atoms. The van der Waals surface area contributed by atoms with Crippen LogP contribution in [0.2, 0.25) is 5.02 Å². The van der Waals surface area contributed by atoms with E-state index in [1.54, 1.807) is 12.1 Å². The molecule has 2 heterocycles. The molecule has 7 nitrogen and oxygen atoms in total. The number of hydrogen-bond acceptors (Lipinski definition) is 6. The largest absolute Gasteiger partial charge is 0.477 e. The number of aromatic carboxylic acids is 1. The zero-order valence-electron chi connectivity index (χ0n) is 13.1. The molecular weight excluding hydrogens is 400 g/mol. The van der Waals surface area contributed by atoms with Gasteiger partial charge in [-0.05, 0) is 30.2 Å². The topological polar surface area (TPSA) is 107 Å². The summed E-state index contributed by atoms with van der Waals surface area (Å²) in [7, 11) is 0. The number of thioether (sulfide) groups is 1. The fourth-order valence-electron chi connectivity index (χ4n) is 2.52. The summed E-state index contributed by atoms with van der Waals surface area (Å²) in [6, 6.07) is 8.45. The second-order valence-electron chi connectivity index (χ2n) is 5.48. The van der Waals surface area contributed by atoms with Crippen molar-refractivity contribution in [2.45, 2.75) is 15.9 Å². The molecule has 0 radical (unpaired) electrons. The lowest BCUT2D eigenvalue weighted by Gasteiger charge is -2.31. The first-order valence-corrected chi connectivity index (χ1v) is 9.49. The van der Waals surface area contributed by atoms with Crippen LogP contribution in [0, 0.1) is 0 Å². The SMILES string of the molecule is O=C(CN1C(=O)C(Cc2ccc(Cl)cc2)Sc2sc(C(=O)O)cc21)NO. The molecule has 1 aromatic heterocycles. The Kier molecular flexibility index (Phi) is 5.52. The molecule has 1 aliphatic rings. The van der Waals surface area contributed by atoms with Crippen LogP contribution in [-0.4, -0.2) is 39.9 Å². The van der Waals surface area contributed by atoms with Crippen LogP contribution in [0.15, 0.2) is 34.5 Å². The maximum absolute atomic E-state index is 12.9. The third-order valence-corrected chi connectivity index (χ3v) is 6.51. The Morgan fingerprint density at radius 1 is 1.27 bits per heavy atom. The van der Waals surface area contributed by atoms with E-state index in [9.17, 15) is 19.5 Å². The molecule has 3 rings (SSSR count). The van der Waals surface area contributed by atoms with Crippen molar-refractivity contribution in [3.05, 3.63) is 45.8 Å². The number of hydrogen-bond donors (Lipinski definition) is 3. The molecule has 1 aliphatic heterocycles. The molecule has 1 aromatic carbocycles. The maximum Gasteiger partial charge on any atom is 0.345 e. The number of nitrogens with one attached hydrogen (secondary N) is 1. The third kappa shape index (κ3) is 3.85. The lowest BCUT2D eigenvalue weighted by atomic mass is 10.1. The minimum Gasteiger partial charge on any atom is -0.477 e. The fourth-order valence-corrected chi connectivity index (χ4v) is 5.24. The lowest BCUT2D eigenvalue weighted by Crippen LogP contribution is -2.46. The van der Waals surface area contributed by atoms with E-state index in [-0.39, 0.29) is 10.8 Å². The number of nitrogens with zero attached hydrogens (tertiary/aromatic N) is 1. The van der Waals surface area contributed by atoms with Crippen LogP contribution in [0.3, 0.4) is 0 Å². The highest BCUT2D eigenvalue weighted by Crippen LogP contribution is 2.45. The van der Waals surface area contributed by atoms with Gasteiger partial charge in [0.15, 0.2) is 0 Å². The highest BCUT2D eigenvalue weighted by Gasteiger charge is 2.37. The number of carboxylic acids is 1. The van der Waals surface area contributed by atoms with Crippen molar-refractivity contribution in [3.8, 4) is 0 Å². The quantitative estimate of drug-likeness (QED) is 0.515. The Labute approximate surface area is 161 Å². The van der Waals surface area contributed by atoms with Gasteiger partial charge in [-0.25, -0.2) is 10.3 Å². The van der Waals surface area contributed by atoms with E-state index in [0.717, 1.165) is 16.9 Å². The van der Waals surface area contributed by atoms with Gasteiger partial charge in [-0.2, -0.15) is 0 Å². The standard InChI is InChI=1S/C16H13ClN2O5S2/c17-9-3-1-8(2-4-9)5-11-14(21)19(7-13(20)18-24)10-6-12(15(22)23)26-16(10)25-11/h1-4,6,11,24H,5,7H2,(H,18,20)(H,22,23). The molecule has 136 valence electrons. The summed E-state index contributed by atoms with van der Waals surface area (Å²) in [5, 5.41) is 18.0. The van der Waals surface area contributed by atoms with Gasteiger partial charge in [0, 0.05) is 5.02 Å². The first-order valence-electron chi connectivity index (χ1n) is 7.41. The average molecular weight is 413 g/mol. The fraction of sp³-hybridized carbons (Fsp3) is 0.188. The minimum absolute atomic E-state index is 0.0804. The number of thiophene rings is 1. The lowest BCUT2D eigenvalue weighted by molar-refractivity contribution is -0.129. The monoisotopic (exact) mass is 412 g/mol. The summed E-state index contributed by atoms with van der Waals surface area (Å²) in [4.78, 5) is 37.0. The van der Waals surface area contributed by atoms with Gasteiger partial charge in [0.2, 0.25) is 5.91 Å². The van der Waals surface area contributed by atoms with E-state index in [4.69, 9.17) is 16.8 Å². The van der Waals surface area contributed by atoms with Crippen molar-refractivity contribution in [2.75, 3.05) is 11.4 Å². The highest BCUT2D eigenvalue weighted by atomic mass is 35.5. The second-order valence-corrected chi connectivity index (χ2v) is 8.44. The molecule has 0 bridgehead atoms. The average Bonchev–Trinajstić information content (AvgIpc) is 3.04. The Balaban J connectivity index is 1.92. The van der Waals surface area contributed by atoms with E-state index in [1.807, 2.05) is 12.1 Å². The van der Waals surface area contributed by atoms with E-state index in [1.165, 1.54) is 28.2 Å². The van der Waals surface area contributed by atoms with Crippen LogP contribution in [0.25, 0.3) is 0 Å². The number of hydroxylamine groups is 1. The predicted molar refractivity (Wildman–Crippen MR) is 98.4 cm³/mol. The molecule has 1 unspecified atom stereocenters. The number of rotatable bonds is 5. The summed E-state index contributed by atoms with van der Waals surface area (Å²) in [5.74, 6) is -2.18. The molecular formula is C16H13ClN2O5S2. The van der Waals surface area contributed by atoms with Crippen molar-refractivity contribution in [2.24, 2.45) is 0 Å². The van der Waals surface area contributed by atoms with Gasteiger partial charge >= 0.3 is 5.97 Å².